The lowest BCUT2D eigenvalue weighted by Gasteiger charge is -2.03. The Kier molecular flexibility index (Phi) is 32.5. The average molecular weight is 407 g/mol. The molecule has 2 N–H and O–H groups in total. The number of carbonyl (C=O) groups is 1. The molecule has 0 saturated carbocycles. The Balaban J connectivity index is -0.000000709. The van der Waals surface area contributed by atoms with Crippen LogP contribution >= 0.6 is 12.4 Å². The normalized spacial score (nSPS) is 10.3. The fraction of sp³-hybridized carbons (Fsp3) is 0.957. The highest BCUT2D eigenvalue weighted by atomic mass is 35.5. The summed E-state index contributed by atoms with van der Waals surface area (Å²) in [5.74, 6) is -0.153. The number of primary amides is 1. The molecular formula is C23H51ClN2O. The van der Waals surface area contributed by atoms with Crippen molar-refractivity contribution in [2.45, 2.75) is 123 Å². The topological polar surface area (TPSA) is 46.3 Å². The molecule has 27 heavy (non-hydrogen) atoms. The fourth-order valence-corrected chi connectivity index (χ4v) is 3.12. The largest absolute Gasteiger partial charge is 0.370 e. The second-order valence-electron chi connectivity index (χ2n) is 7.97. The highest BCUT2D eigenvalue weighted by Crippen LogP contribution is 2.13. The van der Waals surface area contributed by atoms with Crippen molar-refractivity contribution in [3.8, 4) is 0 Å². The molecule has 0 unspecified atom stereocenters. The first-order valence-electron chi connectivity index (χ1n) is 11.5. The number of amides is 1. The maximum Gasteiger partial charge on any atom is 0.217 e. The third-order valence-electron chi connectivity index (χ3n) is 4.70. The second kappa shape index (κ2) is 27.9. The van der Waals surface area contributed by atoms with Gasteiger partial charge in [-0.25, -0.2) is 0 Å². The van der Waals surface area contributed by atoms with Gasteiger partial charge >= 0.3 is 0 Å². The number of nitrogens with zero attached hydrogens (tertiary/aromatic N) is 1. The number of hydrogen-bond donors (Lipinski definition) is 1. The van der Waals surface area contributed by atoms with Crippen LogP contribution in [0.2, 0.25) is 0 Å². The van der Waals surface area contributed by atoms with Crippen LogP contribution in [0.25, 0.3) is 0 Å². The summed E-state index contributed by atoms with van der Waals surface area (Å²) in [5, 5.41) is 0. The summed E-state index contributed by atoms with van der Waals surface area (Å²) in [4.78, 5) is 12.7. The maximum absolute atomic E-state index is 10.6. The zero-order valence-electron chi connectivity index (χ0n) is 19.1. The predicted octanol–water partition coefficient (Wildman–Crippen LogP) is 7.11. The molecule has 0 fully saturated rings. The minimum Gasteiger partial charge on any atom is -0.370 e. The van der Waals surface area contributed by atoms with E-state index in [1.807, 2.05) is 0 Å². The van der Waals surface area contributed by atoms with Gasteiger partial charge in [0.05, 0.1) is 0 Å². The molecule has 3 nitrogen and oxygen atoms in total. The van der Waals surface area contributed by atoms with Crippen molar-refractivity contribution in [2.24, 2.45) is 5.73 Å². The van der Waals surface area contributed by atoms with Crippen LogP contribution in [0.4, 0.5) is 0 Å². The van der Waals surface area contributed by atoms with Gasteiger partial charge in [0.25, 0.3) is 0 Å². The van der Waals surface area contributed by atoms with E-state index < -0.39 is 0 Å². The van der Waals surface area contributed by atoms with Gasteiger partial charge in [0.15, 0.2) is 0 Å². The Morgan fingerprint density at radius 2 is 0.963 bits per heavy atom. The molecule has 0 aromatic heterocycles. The number of halogens is 1. The van der Waals surface area contributed by atoms with Crippen LogP contribution in [0.1, 0.15) is 123 Å². The summed E-state index contributed by atoms with van der Waals surface area (Å²) < 4.78 is 0. The number of unbranched alkanes of at least 4 members (excludes halogenated alkanes) is 14. The standard InChI is InChI=1S/C18H37NO.C5H13N.ClH/c1-2-3-4-5-6-7-8-9-10-11-12-13-14-15-16-17-18(19)20;1-4-5-6(2)3;/h2-17H2,1H3,(H2,19,20);4-5H2,1-3H3;1H. The summed E-state index contributed by atoms with van der Waals surface area (Å²) in [6, 6.07) is 0. The summed E-state index contributed by atoms with van der Waals surface area (Å²) in [5.41, 5.74) is 5.11. The molecule has 0 aromatic rings. The van der Waals surface area contributed by atoms with E-state index in [-0.39, 0.29) is 18.3 Å². The van der Waals surface area contributed by atoms with Gasteiger partial charge in [0.2, 0.25) is 5.91 Å². The lowest BCUT2D eigenvalue weighted by Crippen LogP contribution is -2.11. The van der Waals surface area contributed by atoms with E-state index in [0.29, 0.717) is 6.42 Å². The monoisotopic (exact) mass is 406 g/mol. The maximum atomic E-state index is 10.6. The van der Waals surface area contributed by atoms with Crippen LogP contribution in [0.3, 0.4) is 0 Å². The molecule has 0 bridgehead atoms. The Morgan fingerprint density at radius 1 is 0.630 bits per heavy atom. The molecule has 0 aliphatic rings. The lowest BCUT2D eigenvalue weighted by molar-refractivity contribution is -0.118. The molecule has 0 spiro atoms. The minimum atomic E-state index is -0.153. The number of nitrogens with two attached hydrogens (primary N) is 1. The first-order valence-corrected chi connectivity index (χ1v) is 11.5. The molecular weight excluding hydrogens is 356 g/mol. The van der Waals surface area contributed by atoms with Crippen LogP contribution in [0.5, 0.6) is 0 Å². The summed E-state index contributed by atoms with van der Waals surface area (Å²) in [6.07, 6.45) is 22.1. The summed E-state index contributed by atoms with van der Waals surface area (Å²) >= 11 is 0. The molecule has 1 amide bonds. The van der Waals surface area contributed by atoms with Gasteiger partial charge < -0.3 is 10.6 Å². The third kappa shape index (κ3) is 37.2. The van der Waals surface area contributed by atoms with E-state index in [9.17, 15) is 4.79 Å². The van der Waals surface area contributed by atoms with E-state index in [1.54, 1.807) is 0 Å². The van der Waals surface area contributed by atoms with E-state index in [1.165, 1.54) is 103 Å². The second-order valence-corrected chi connectivity index (χ2v) is 7.97. The molecule has 0 saturated heterocycles. The van der Waals surface area contributed by atoms with Gasteiger partial charge in [-0.15, -0.1) is 12.4 Å². The van der Waals surface area contributed by atoms with Crippen LogP contribution < -0.4 is 5.73 Å². The van der Waals surface area contributed by atoms with Crippen LogP contribution in [0, 0.1) is 0 Å². The van der Waals surface area contributed by atoms with Gasteiger partial charge in [-0.3, -0.25) is 4.79 Å². The number of carbonyl (C=O) groups excluding carboxylic acids is 1. The average Bonchev–Trinajstić information content (AvgIpc) is 2.58. The van der Waals surface area contributed by atoms with E-state index in [0.717, 1.165) is 6.42 Å². The Bertz CT molecular complexity index is 273. The summed E-state index contributed by atoms with van der Waals surface area (Å²) in [6.45, 7) is 5.66. The smallest absolute Gasteiger partial charge is 0.217 e. The molecule has 0 rings (SSSR count). The van der Waals surface area contributed by atoms with Gasteiger partial charge in [-0.05, 0) is 33.5 Å². The molecule has 0 radical (unpaired) electrons. The first-order chi connectivity index (χ1) is 12.5. The SMILES string of the molecule is CCCCCCCCCCCCCCCCCC(N)=O.CCCN(C)C.Cl. The zero-order chi connectivity index (χ0) is 19.9. The van der Waals surface area contributed by atoms with Gasteiger partial charge in [0, 0.05) is 6.42 Å². The van der Waals surface area contributed by atoms with E-state index in [2.05, 4.69) is 32.8 Å². The summed E-state index contributed by atoms with van der Waals surface area (Å²) in [7, 11) is 4.17. The van der Waals surface area contributed by atoms with E-state index >= 15 is 0 Å². The molecule has 4 heteroatoms. The van der Waals surface area contributed by atoms with Gasteiger partial charge in [-0.2, -0.15) is 0 Å². The molecule has 0 aliphatic heterocycles. The minimum absolute atomic E-state index is 0. The van der Waals surface area contributed by atoms with Crippen molar-refractivity contribution in [3.63, 3.8) is 0 Å². The van der Waals surface area contributed by atoms with Crippen molar-refractivity contribution in [1.29, 1.82) is 0 Å². The fourth-order valence-electron chi connectivity index (χ4n) is 3.12. The van der Waals surface area contributed by atoms with Crippen molar-refractivity contribution in [2.75, 3.05) is 20.6 Å². The zero-order valence-corrected chi connectivity index (χ0v) is 19.9. The van der Waals surface area contributed by atoms with Crippen molar-refractivity contribution in [1.82, 2.24) is 4.90 Å². The van der Waals surface area contributed by atoms with Crippen molar-refractivity contribution >= 4 is 18.3 Å². The number of hydrogen-bond acceptors (Lipinski definition) is 2. The third-order valence-corrected chi connectivity index (χ3v) is 4.70. The van der Waals surface area contributed by atoms with Crippen LogP contribution in [0.15, 0.2) is 0 Å². The van der Waals surface area contributed by atoms with Crippen molar-refractivity contribution < 1.29 is 4.79 Å². The van der Waals surface area contributed by atoms with Crippen LogP contribution in [-0.2, 0) is 4.79 Å². The lowest BCUT2D eigenvalue weighted by atomic mass is 10.0. The van der Waals surface area contributed by atoms with Gasteiger partial charge in [-0.1, -0.05) is 104 Å². The molecule has 0 atom stereocenters. The van der Waals surface area contributed by atoms with Crippen LogP contribution in [-0.4, -0.2) is 31.4 Å². The predicted molar refractivity (Wildman–Crippen MR) is 125 cm³/mol. The Morgan fingerprint density at radius 3 is 1.19 bits per heavy atom. The molecule has 166 valence electrons. The molecule has 0 aliphatic carbocycles. The molecule has 0 aromatic carbocycles. The quantitative estimate of drug-likeness (QED) is 0.246. The highest BCUT2D eigenvalue weighted by Gasteiger charge is 1.96. The van der Waals surface area contributed by atoms with Crippen molar-refractivity contribution in [3.05, 3.63) is 0 Å². The number of rotatable bonds is 18. The highest BCUT2D eigenvalue weighted by molar-refractivity contribution is 5.85. The Labute approximate surface area is 177 Å². The van der Waals surface area contributed by atoms with Gasteiger partial charge in [0.1, 0.15) is 0 Å². The molecule has 0 heterocycles. The Hall–Kier alpha value is -0.280. The first kappa shape index (κ1) is 31.4. The van der Waals surface area contributed by atoms with E-state index in [4.69, 9.17) is 5.73 Å².